The SMILES string of the molecule is CCC(C)(CCO)NC(=O)c1cc(F)cc([N+](=O)[O-])c1F. The number of benzene rings is 1. The molecule has 1 unspecified atom stereocenters. The van der Waals surface area contributed by atoms with E-state index in [0.717, 1.165) is 0 Å². The highest BCUT2D eigenvalue weighted by Crippen LogP contribution is 2.23. The van der Waals surface area contributed by atoms with Crippen molar-refractivity contribution < 1.29 is 23.6 Å². The van der Waals surface area contributed by atoms with Gasteiger partial charge in [0.05, 0.1) is 16.6 Å². The lowest BCUT2D eigenvalue weighted by Gasteiger charge is -2.29. The lowest BCUT2D eigenvalue weighted by atomic mass is 9.94. The fourth-order valence-corrected chi connectivity index (χ4v) is 1.79. The maximum Gasteiger partial charge on any atom is 0.308 e. The predicted molar refractivity (Wildman–Crippen MR) is 70.9 cm³/mol. The van der Waals surface area contributed by atoms with Crippen LogP contribution in [0.2, 0.25) is 0 Å². The van der Waals surface area contributed by atoms with Crippen LogP contribution in [0.25, 0.3) is 0 Å². The Labute approximate surface area is 119 Å². The third kappa shape index (κ3) is 3.94. The van der Waals surface area contributed by atoms with Gasteiger partial charge in [-0.15, -0.1) is 0 Å². The lowest BCUT2D eigenvalue weighted by Crippen LogP contribution is -2.46. The molecule has 2 N–H and O–H groups in total. The molecule has 0 aromatic heterocycles. The number of nitrogens with one attached hydrogen (secondary N) is 1. The van der Waals surface area contributed by atoms with E-state index in [1.54, 1.807) is 13.8 Å². The van der Waals surface area contributed by atoms with Crippen molar-refractivity contribution in [2.45, 2.75) is 32.2 Å². The molecule has 6 nitrogen and oxygen atoms in total. The molecule has 0 saturated carbocycles. The lowest BCUT2D eigenvalue weighted by molar-refractivity contribution is -0.387. The van der Waals surface area contributed by atoms with Crippen molar-refractivity contribution in [2.75, 3.05) is 6.61 Å². The quantitative estimate of drug-likeness (QED) is 0.622. The molecule has 1 amide bonds. The molecule has 1 atom stereocenters. The van der Waals surface area contributed by atoms with Crippen molar-refractivity contribution in [3.05, 3.63) is 39.4 Å². The van der Waals surface area contributed by atoms with Gasteiger partial charge < -0.3 is 10.4 Å². The molecule has 0 heterocycles. The summed E-state index contributed by atoms with van der Waals surface area (Å²) in [6, 6.07) is 1.02. The number of halogens is 2. The van der Waals surface area contributed by atoms with Crippen molar-refractivity contribution in [1.82, 2.24) is 5.32 Å². The number of aliphatic hydroxyl groups excluding tert-OH is 1. The van der Waals surface area contributed by atoms with Crippen molar-refractivity contribution >= 4 is 11.6 Å². The number of rotatable bonds is 6. The van der Waals surface area contributed by atoms with Crippen molar-refractivity contribution in [1.29, 1.82) is 0 Å². The van der Waals surface area contributed by atoms with Gasteiger partial charge in [-0.3, -0.25) is 14.9 Å². The Morgan fingerprint density at radius 1 is 1.48 bits per heavy atom. The zero-order chi connectivity index (χ0) is 16.2. The smallest absolute Gasteiger partial charge is 0.308 e. The zero-order valence-corrected chi connectivity index (χ0v) is 11.7. The van der Waals surface area contributed by atoms with Gasteiger partial charge in [0, 0.05) is 12.1 Å². The summed E-state index contributed by atoms with van der Waals surface area (Å²) in [5, 5.41) is 22.1. The molecule has 0 bridgehead atoms. The molecular formula is C13H16F2N2O4. The molecule has 0 spiro atoms. The van der Waals surface area contributed by atoms with Crippen molar-refractivity contribution in [2.24, 2.45) is 0 Å². The molecule has 21 heavy (non-hydrogen) atoms. The van der Waals surface area contributed by atoms with Gasteiger partial charge in [0.2, 0.25) is 5.82 Å². The third-order valence-corrected chi connectivity index (χ3v) is 3.32. The van der Waals surface area contributed by atoms with Crippen LogP contribution in [0, 0.1) is 21.7 Å². The second-order valence-corrected chi connectivity index (χ2v) is 4.89. The Hall–Kier alpha value is -2.09. The number of nitro groups is 1. The molecule has 0 aliphatic carbocycles. The van der Waals surface area contributed by atoms with Gasteiger partial charge in [0.1, 0.15) is 5.82 Å². The summed E-state index contributed by atoms with van der Waals surface area (Å²) in [4.78, 5) is 21.6. The van der Waals surface area contributed by atoms with Crippen molar-refractivity contribution in [3.63, 3.8) is 0 Å². The monoisotopic (exact) mass is 302 g/mol. The molecule has 8 heteroatoms. The minimum absolute atomic E-state index is 0.198. The van der Waals surface area contributed by atoms with Gasteiger partial charge in [-0.25, -0.2) is 4.39 Å². The predicted octanol–water partition coefficient (Wildman–Crippen LogP) is 2.15. The number of nitrogens with zero attached hydrogens (tertiary/aromatic N) is 1. The molecule has 0 aliphatic heterocycles. The molecule has 1 aromatic rings. The van der Waals surface area contributed by atoms with E-state index in [1.807, 2.05) is 0 Å². The van der Waals surface area contributed by atoms with Crippen molar-refractivity contribution in [3.8, 4) is 0 Å². The second kappa shape index (κ2) is 6.57. The normalized spacial score (nSPS) is 13.6. The number of nitro benzene ring substituents is 1. The van der Waals surface area contributed by atoms with E-state index in [0.29, 0.717) is 18.6 Å². The Morgan fingerprint density at radius 2 is 2.10 bits per heavy atom. The molecule has 0 aliphatic rings. The van der Waals surface area contributed by atoms with Crippen LogP contribution in [0.15, 0.2) is 12.1 Å². The minimum atomic E-state index is -1.39. The van der Waals surface area contributed by atoms with Gasteiger partial charge in [-0.2, -0.15) is 4.39 Å². The summed E-state index contributed by atoms with van der Waals surface area (Å²) in [5.74, 6) is -3.43. The fraction of sp³-hybridized carbons (Fsp3) is 0.462. The van der Waals surface area contributed by atoms with E-state index in [9.17, 15) is 23.7 Å². The molecule has 0 radical (unpaired) electrons. The third-order valence-electron chi connectivity index (χ3n) is 3.32. The number of aliphatic hydroxyl groups is 1. The van der Waals surface area contributed by atoms with E-state index >= 15 is 0 Å². The minimum Gasteiger partial charge on any atom is -0.396 e. The van der Waals surface area contributed by atoms with Gasteiger partial charge >= 0.3 is 5.69 Å². The Balaban J connectivity index is 3.16. The average Bonchev–Trinajstić information content (AvgIpc) is 2.40. The molecule has 1 aromatic carbocycles. The van der Waals surface area contributed by atoms with E-state index in [1.165, 1.54) is 0 Å². The van der Waals surface area contributed by atoms with Crippen LogP contribution >= 0.6 is 0 Å². The van der Waals surface area contributed by atoms with Crippen LogP contribution in [-0.4, -0.2) is 28.1 Å². The van der Waals surface area contributed by atoms with E-state index in [-0.39, 0.29) is 13.0 Å². The second-order valence-electron chi connectivity index (χ2n) is 4.89. The Kier molecular flexibility index (Phi) is 5.31. The summed E-state index contributed by atoms with van der Waals surface area (Å²) in [7, 11) is 0. The number of carbonyl (C=O) groups excluding carboxylic acids is 1. The molecule has 116 valence electrons. The van der Waals surface area contributed by atoms with Crippen LogP contribution in [0.5, 0.6) is 0 Å². The summed E-state index contributed by atoms with van der Waals surface area (Å²) < 4.78 is 27.2. The summed E-state index contributed by atoms with van der Waals surface area (Å²) in [6.07, 6.45) is 0.659. The summed E-state index contributed by atoms with van der Waals surface area (Å²) in [5.41, 5.74) is -2.65. The number of carbonyl (C=O) groups is 1. The van der Waals surface area contributed by atoms with Crippen LogP contribution in [0.4, 0.5) is 14.5 Å². The highest BCUT2D eigenvalue weighted by molar-refractivity contribution is 5.95. The van der Waals surface area contributed by atoms with E-state index in [2.05, 4.69) is 5.32 Å². The molecule has 1 rings (SSSR count). The number of amides is 1. The zero-order valence-electron chi connectivity index (χ0n) is 11.7. The van der Waals surface area contributed by atoms with E-state index < -0.39 is 39.3 Å². The maximum atomic E-state index is 13.9. The summed E-state index contributed by atoms with van der Waals surface area (Å²) in [6.45, 7) is 3.18. The first kappa shape index (κ1) is 17.0. The van der Waals surface area contributed by atoms with Gasteiger partial charge in [0.15, 0.2) is 0 Å². The Bertz CT molecular complexity index is 565. The Morgan fingerprint density at radius 3 is 2.57 bits per heavy atom. The highest BCUT2D eigenvalue weighted by Gasteiger charge is 2.29. The number of hydrogen-bond acceptors (Lipinski definition) is 4. The van der Waals surface area contributed by atoms with Gasteiger partial charge in [-0.1, -0.05) is 6.92 Å². The van der Waals surface area contributed by atoms with Gasteiger partial charge in [-0.05, 0) is 25.8 Å². The molecular weight excluding hydrogens is 286 g/mol. The highest BCUT2D eigenvalue weighted by atomic mass is 19.1. The first-order chi connectivity index (χ1) is 9.74. The van der Waals surface area contributed by atoms with Crippen LogP contribution < -0.4 is 5.32 Å². The van der Waals surface area contributed by atoms with Crippen LogP contribution in [0.3, 0.4) is 0 Å². The number of hydrogen-bond donors (Lipinski definition) is 2. The maximum absolute atomic E-state index is 13.9. The fourth-order valence-electron chi connectivity index (χ4n) is 1.79. The standard InChI is InChI=1S/C13H16F2N2O4/c1-3-13(2,4-5-18)16-12(19)9-6-8(14)7-10(11(9)15)17(20)21/h6-7,18H,3-5H2,1-2H3,(H,16,19). The van der Waals surface area contributed by atoms with Crippen LogP contribution in [0.1, 0.15) is 37.0 Å². The van der Waals surface area contributed by atoms with Gasteiger partial charge in [0.25, 0.3) is 5.91 Å². The molecule has 0 fully saturated rings. The average molecular weight is 302 g/mol. The first-order valence-electron chi connectivity index (χ1n) is 6.31. The topological polar surface area (TPSA) is 92.5 Å². The summed E-state index contributed by atoms with van der Waals surface area (Å²) >= 11 is 0. The first-order valence-corrected chi connectivity index (χ1v) is 6.31. The van der Waals surface area contributed by atoms with Crippen LogP contribution in [-0.2, 0) is 0 Å². The molecule has 0 saturated heterocycles. The van der Waals surface area contributed by atoms with E-state index in [4.69, 9.17) is 5.11 Å². The largest absolute Gasteiger partial charge is 0.396 e.